The first kappa shape index (κ1) is 11.5. The monoisotopic (exact) mass is 230 g/mol. The molecule has 1 aromatic rings. The highest BCUT2D eigenvalue weighted by atomic mass is 16.5. The van der Waals surface area contributed by atoms with E-state index in [1.165, 1.54) is 0 Å². The number of nitriles is 1. The molecule has 0 radical (unpaired) electrons. The number of fused-ring (bicyclic) bond motifs is 1. The fraction of sp³-hybridized carbons (Fsp3) is 0.385. The van der Waals surface area contributed by atoms with Gasteiger partial charge in [0.2, 0.25) is 0 Å². The van der Waals surface area contributed by atoms with E-state index in [9.17, 15) is 4.79 Å². The van der Waals surface area contributed by atoms with E-state index < -0.39 is 6.10 Å². The Hall–Kier alpha value is -2.02. The molecule has 17 heavy (non-hydrogen) atoms. The van der Waals surface area contributed by atoms with E-state index in [0.29, 0.717) is 12.8 Å². The minimum absolute atomic E-state index is 0.0464. The van der Waals surface area contributed by atoms with Crippen LogP contribution in [0.2, 0.25) is 0 Å². The Morgan fingerprint density at radius 3 is 3.00 bits per heavy atom. The number of amides is 1. The third kappa shape index (κ3) is 2.09. The molecule has 1 aliphatic rings. The van der Waals surface area contributed by atoms with E-state index in [-0.39, 0.29) is 5.91 Å². The molecule has 0 aliphatic carbocycles. The molecule has 4 nitrogen and oxygen atoms in total. The number of hydrogen-bond acceptors (Lipinski definition) is 3. The minimum Gasteiger partial charge on any atom is -0.479 e. The zero-order chi connectivity index (χ0) is 12.4. The van der Waals surface area contributed by atoms with Gasteiger partial charge < -0.3 is 9.64 Å². The Bertz CT molecular complexity index is 491. The Balaban J connectivity index is 2.32. The molecule has 0 fully saturated rings. The van der Waals surface area contributed by atoms with E-state index in [4.69, 9.17) is 10.00 Å². The first-order chi connectivity index (χ1) is 8.13. The van der Waals surface area contributed by atoms with Gasteiger partial charge in [-0.1, -0.05) is 6.07 Å². The van der Waals surface area contributed by atoms with Gasteiger partial charge in [0.05, 0.1) is 11.8 Å². The summed E-state index contributed by atoms with van der Waals surface area (Å²) < 4.78 is 5.52. The number of likely N-dealkylation sites (N-methyl/N-ethyl adjacent to an activating group) is 1. The third-order valence-electron chi connectivity index (χ3n) is 2.89. The van der Waals surface area contributed by atoms with Gasteiger partial charge in [-0.15, -0.1) is 0 Å². The van der Waals surface area contributed by atoms with E-state index in [2.05, 4.69) is 6.07 Å². The lowest BCUT2D eigenvalue weighted by Crippen LogP contribution is -2.42. The Labute approximate surface area is 100 Å². The topological polar surface area (TPSA) is 53.3 Å². The molecule has 0 saturated heterocycles. The summed E-state index contributed by atoms with van der Waals surface area (Å²) in [6, 6.07) is 7.82. The maximum atomic E-state index is 11.8. The van der Waals surface area contributed by atoms with Crippen molar-refractivity contribution in [3.05, 3.63) is 23.8 Å². The number of carbonyl (C=O) groups excluding carboxylic acids is 1. The van der Waals surface area contributed by atoms with Gasteiger partial charge in [-0.2, -0.15) is 5.26 Å². The van der Waals surface area contributed by atoms with Crippen LogP contribution in [0.5, 0.6) is 5.75 Å². The number of hydrogen-bond donors (Lipinski definition) is 0. The van der Waals surface area contributed by atoms with Gasteiger partial charge in [-0.3, -0.25) is 4.79 Å². The SMILES string of the molecule is CC1Oc2ccc(CCC#N)cc2N(C)C1=O. The lowest BCUT2D eigenvalue weighted by atomic mass is 10.1. The van der Waals surface area contributed by atoms with Crippen molar-refractivity contribution in [2.45, 2.75) is 25.9 Å². The number of anilines is 1. The van der Waals surface area contributed by atoms with Crippen LogP contribution in [-0.4, -0.2) is 19.1 Å². The van der Waals surface area contributed by atoms with Gasteiger partial charge in [0.1, 0.15) is 5.75 Å². The molecule has 1 unspecified atom stereocenters. The number of aryl methyl sites for hydroxylation is 1. The standard InChI is InChI=1S/C13H14N2O2/c1-9-13(16)15(2)11-8-10(4-3-7-14)5-6-12(11)17-9/h5-6,8-9H,3-4H2,1-2H3. The van der Waals surface area contributed by atoms with Crippen LogP contribution in [0.3, 0.4) is 0 Å². The van der Waals surface area contributed by atoms with Crippen LogP contribution >= 0.6 is 0 Å². The number of nitrogens with zero attached hydrogens (tertiary/aromatic N) is 2. The molecular weight excluding hydrogens is 216 g/mol. The van der Waals surface area contributed by atoms with Crippen LogP contribution in [0.15, 0.2) is 18.2 Å². The quantitative estimate of drug-likeness (QED) is 0.779. The summed E-state index contributed by atoms with van der Waals surface area (Å²) in [4.78, 5) is 13.4. The number of ether oxygens (including phenoxy) is 1. The summed E-state index contributed by atoms with van der Waals surface area (Å²) in [6.07, 6.45) is 0.743. The minimum atomic E-state index is -0.433. The summed E-state index contributed by atoms with van der Waals surface area (Å²) in [5.74, 6) is 0.676. The maximum absolute atomic E-state index is 11.8. The maximum Gasteiger partial charge on any atom is 0.267 e. The van der Waals surface area contributed by atoms with Gasteiger partial charge in [0.25, 0.3) is 5.91 Å². The second-order valence-corrected chi connectivity index (χ2v) is 4.12. The second kappa shape index (κ2) is 4.46. The molecule has 0 bridgehead atoms. The van der Waals surface area contributed by atoms with Crippen molar-refractivity contribution < 1.29 is 9.53 Å². The molecule has 1 aliphatic heterocycles. The van der Waals surface area contributed by atoms with Gasteiger partial charge >= 0.3 is 0 Å². The van der Waals surface area contributed by atoms with Crippen LogP contribution in [0.4, 0.5) is 5.69 Å². The van der Waals surface area contributed by atoms with E-state index >= 15 is 0 Å². The summed E-state index contributed by atoms with van der Waals surface area (Å²) >= 11 is 0. The first-order valence-corrected chi connectivity index (χ1v) is 5.57. The third-order valence-corrected chi connectivity index (χ3v) is 2.89. The zero-order valence-electron chi connectivity index (χ0n) is 9.93. The van der Waals surface area contributed by atoms with Crippen LogP contribution < -0.4 is 9.64 Å². The van der Waals surface area contributed by atoms with Crippen LogP contribution in [0.25, 0.3) is 0 Å². The Morgan fingerprint density at radius 2 is 2.29 bits per heavy atom. The summed E-state index contributed by atoms with van der Waals surface area (Å²) in [7, 11) is 1.74. The molecule has 0 aromatic heterocycles. The van der Waals surface area contributed by atoms with Crippen LogP contribution in [0.1, 0.15) is 18.9 Å². The van der Waals surface area contributed by atoms with Crippen molar-refractivity contribution >= 4 is 11.6 Å². The Morgan fingerprint density at radius 1 is 1.53 bits per heavy atom. The second-order valence-electron chi connectivity index (χ2n) is 4.12. The fourth-order valence-electron chi connectivity index (χ4n) is 1.91. The molecule has 0 spiro atoms. The highest BCUT2D eigenvalue weighted by Crippen LogP contribution is 2.34. The number of carbonyl (C=O) groups is 1. The molecule has 4 heteroatoms. The highest BCUT2D eigenvalue weighted by molar-refractivity contribution is 5.99. The van der Waals surface area contributed by atoms with Crippen molar-refractivity contribution in [1.29, 1.82) is 5.26 Å². The van der Waals surface area contributed by atoms with Crippen LogP contribution in [-0.2, 0) is 11.2 Å². The predicted molar refractivity (Wildman–Crippen MR) is 63.9 cm³/mol. The molecule has 1 heterocycles. The average molecular weight is 230 g/mol. The smallest absolute Gasteiger partial charge is 0.267 e. The Kier molecular flexibility index (Phi) is 3.01. The lowest BCUT2D eigenvalue weighted by Gasteiger charge is -2.30. The molecule has 1 aromatic carbocycles. The van der Waals surface area contributed by atoms with Crippen molar-refractivity contribution in [3.63, 3.8) is 0 Å². The number of rotatable bonds is 2. The molecule has 1 amide bonds. The van der Waals surface area contributed by atoms with E-state index in [0.717, 1.165) is 17.0 Å². The van der Waals surface area contributed by atoms with Crippen molar-refractivity contribution in [2.75, 3.05) is 11.9 Å². The molecule has 1 atom stereocenters. The van der Waals surface area contributed by atoms with E-state index in [1.807, 2.05) is 18.2 Å². The van der Waals surface area contributed by atoms with Crippen molar-refractivity contribution in [3.8, 4) is 11.8 Å². The van der Waals surface area contributed by atoms with Gasteiger partial charge in [0, 0.05) is 13.5 Å². The zero-order valence-corrected chi connectivity index (χ0v) is 9.93. The average Bonchev–Trinajstić information content (AvgIpc) is 2.34. The highest BCUT2D eigenvalue weighted by Gasteiger charge is 2.28. The van der Waals surface area contributed by atoms with E-state index in [1.54, 1.807) is 18.9 Å². The fourth-order valence-corrected chi connectivity index (χ4v) is 1.91. The normalized spacial score (nSPS) is 18.3. The van der Waals surface area contributed by atoms with Crippen molar-refractivity contribution in [1.82, 2.24) is 0 Å². The molecule has 88 valence electrons. The van der Waals surface area contributed by atoms with Gasteiger partial charge in [-0.05, 0) is 31.0 Å². The molecule has 0 saturated carbocycles. The largest absolute Gasteiger partial charge is 0.479 e. The lowest BCUT2D eigenvalue weighted by molar-refractivity contribution is -0.125. The summed E-state index contributed by atoms with van der Waals surface area (Å²) in [5.41, 5.74) is 1.83. The molecule has 0 N–H and O–H groups in total. The first-order valence-electron chi connectivity index (χ1n) is 5.57. The van der Waals surface area contributed by atoms with Gasteiger partial charge in [0.15, 0.2) is 6.10 Å². The molecular formula is C13H14N2O2. The van der Waals surface area contributed by atoms with Gasteiger partial charge in [-0.25, -0.2) is 0 Å². The summed E-state index contributed by atoms with van der Waals surface area (Å²) in [6.45, 7) is 1.74. The number of benzene rings is 1. The molecule has 2 rings (SSSR count). The summed E-state index contributed by atoms with van der Waals surface area (Å²) in [5, 5.41) is 8.56. The van der Waals surface area contributed by atoms with Crippen LogP contribution in [0, 0.1) is 11.3 Å². The predicted octanol–water partition coefficient (Wildman–Crippen LogP) is 1.89. The van der Waals surface area contributed by atoms with Crippen molar-refractivity contribution in [2.24, 2.45) is 0 Å².